The van der Waals surface area contributed by atoms with Crippen LogP contribution in [0.3, 0.4) is 0 Å². The molecule has 9 heteroatoms. The van der Waals surface area contributed by atoms with E-state index in [2.05, 4.69) is 46.2 Å². The van der Waals surface area contributed by atoms with E-state index in [9.17, 15) is 15.3 Å². The van der Waals surface area contributed by atoms with E-state index in [1.807, 2.05) is 54.6 Å². The van der Waals surface area contributed by atoms with Gasteiger partial charge in [0.05, 0.1) is 17.8 Å². The molecule has 9 nitrogen and oxygen atoms in total. The molecule has 4 aromatic rings. The van der Waals surface area contributed by atoms with Crippen molar-refractivity contribution in [1.82, 2.24) is 9.80 Å². The van der Waals surface area contributed by atoms with Crippen molar-refractivity contribution in [3.63, 3.8) is 0 Å². The summed E-state index contributed by atoms with van der Waals surface area (Å²) in [5.41, 5.74) is 7.03. The molecule has 0 bridgehead atoms. The number of piperidine rings is 1. The summed E-state index contributed by atoms with van der Waals surface area (Å²) in [6.07, 6.45) is 5.44. The first-order valence-corrected chi connectivity index (χ1v) is 19.2. The van der Waals surface area contributed by atoms with Crippen LogP contribution in [0.2, 0.25) is 0 Å². The van der Waals surface area contributed by atoms with Gasteiger partial charge in [-0.2, -0.15) is 0 Å². The van der Waals surface area contributed by atoms with Crippen LogP contribution in [0.4, 0.5) is 0 Å². The second-order valence-electron chi connectivity index (χ2n) is 15.0. The molecule has 1 saturated heterocycles. The molecule has 6 aliphatic rings. The first-order chi connectivity index (χ1) is 26.0. The molecule has 0 spiro atoms. The Hall–Kier alpha value is -4.38. The quantitative estimate of drug-likeness (QED) is 0.249. The third-order valence-corrected chi connectivity index (χ3v) is 12.1. The van der Waals surface area contributed by atoms with E-state index < -0.39 is 11.7 Å². The zero-order valence-electron chi connectivity index (χ0n) is 30.0. The lowest BCUT2D eigenvalue weighted by molar-refractivity contribution is -0.0522. The van der Waals surface area contributed by atoms with Gasteiger partial charge in [0.1, 0.15) is 26.4 Å². The zero-order valence-corrected chi connectivity index (χ0v) is 30.0. The van der Waals surface area contributed by atoms with Gasteiger partial charge in [-0.25, -0.2) is 0 Å². The smallest absolute Gasteiger partial charge is 0.168 e. The maximum atomic E-state index is 11.4. The number of hydrogen-bond acceptors (Lipinski definition) is 9. The van der Waals surface area contributed by atoms with Gasteiger partial charge < -0.3 is 34.3 Å². The second kappa shape index (κ2) is 14.5. The van der Waals surface area contributed by atoms with E-state index in [0.717, 1.165) is 84.9 Å². The Kier molecular flexibility index (Phi) is 9.38. The molecular weight excluding hydrogens is 668 g/mol. The van der Waals surface area contributed by atoms with Crippen LogP contribution in [0.15, 0.2) is 91.0 Å². The first kappa shape index (κ1) is 34.4. The number of benzene rings is 4. The van der Waals surface area contributed by atoms with Crippen LogP contribution >= 0.6 is 0 Å². The van der Waals surface area contributed by atoms with Crippen molar-refractivity contribution in [2.75, 3.05) is 52.6 Å². The first-order valence-electron chi connectivity index (χ1n) is 19.2. The fourth-order valence-corrected chi connectivity index (χ4v) is 9.26. The predicted octanol–water partition coefficient (Wildman–Crippen LogP) is 5.60. The van der Waals surface area contributed by atoms with Crippen molar-refractivity contribution in [2.24, 2.45) is 0 Å². The number of ether oxygens (including phenoxy) is 4. The fourth-order valence-electron chi connectivity index (χ4n) is 9.26. The average Bonchev–Trinajstić information content (AvgIpc) is 3.74. The van der Waals surface area contributed by atoms with Crippen LogP contribution in [0.1, 0.15) is 64.9 Å². The molecule has 0 saturated carbocycles. The number of rotatable bonds is 4. The fraction of sp³-hybridized carbons (Fsp3) is 0.409. The maximum Gasteiger partial charge on any atom is 0.168 e. The van der Waals surface area contributed by atoms with Crippen molar-refractivity contribution < 1.29 is 34.3 Å². The van der Waals surface area contributed by atoms with Crippen LogP contribution in [-0.2, 0) is 18.4 Å². The molecule has 4 aromatic carbocycles. The van der Waals surface area contributed by atoms with Gasteiger partial charge in [0, 0.05) is 49.4 Å². The van der Waals surface area contributed by atoms with Crippen LogP contribution in [0.25, 0.3) is 5.57 Å². The lowest BCUT2D eigenvalue weighted by Gasteiger charge is -2.42. The van der Waals surface area contributed by atoms with Crippen LogP contribution in [0, 0.1) is 0 Å². The molecule has 0 radical (unpaired) electrons. The van der Waals surface area contributed by atoms with E-state index in [4.69, 9.17) is 18.9 Å². The van der Waals surface area contributed by atoms with Gasteiger partial charge >= 0.3 is 0 Å². The maximum absolute atomic E-state index is 11.4. The summed E-state index contributed by atoms with van der Waals surface area (Å²) >= 11 is 0. The third kappa shape index (κ3) is 6.49. The molecule has 10 rings (SSSR count). The Balaban J connectivity index is 0.000000141. The van der Waals surface area contributed by atoms with Gasteiger partial charge in [0.2, 0.25) is 0 Å². The molecule has 2 aliphatic carbocycles. The third-order valence-electron chi connectivity index (χ3n) is 12.1. The monoisotopic (exact) mass is 716 g/mol. The summed E-state index contributed by atoms with van der Waals surface area (Å²) in [4.78, 5) is 4.73. The Labute approximate surface area is 311 Å². The highest BCUT2D eigenvalue weighted by Crippen LogP contribution is 2.46. The number of nitrogens with zero attached hydrogens (tertiary/aromatic N) is 2. The molecule has 4 heterocycles. The van der Waals surface area contributed by atoms with Gasteiger partial charge in [-0.05, 0) is 72.1 Å². The van der Waals surface area contributed by atoms with Crippen LogP contribution in [-0.4, -0.2) is 89.8 Å². The summed E-state index contributed by atoms with van der Waals surface area (Å²) in [5.74, 6) is 3.13. The molecule has 53 heavy (non-hydrogen) atoms. The minimum atomic E-state index is -0.918. The lowest BCUT2D eigenvalue weighted by Crippen LogP contribution is -2.48. The van der Waals surface area contributed by atoms with Crippen molar-refractivity contribution in [3.8, 4) is 23.0 Å². The summed E-state index contributed by atoms with van der Waals surface area (Å²) in [7, 11) is 0. The molecule has 4 atom stereocenters. The predicted molar refractivity (Wildman–Crippen MR) is 202 cm³/mol. The van der Waals surface area contributed by atoms with Gasteiger partial charge in [-0.15, -0.1) is 0 Å². The van der Waals surface area contributed by atoms with E-state index in [-0.39, 0.29) is 18.2 Å². The number of aliphatic hydroxyl groups excluding tert-OH is 2. The highest BCUT2D eigenvalue weighted by molar-refractivity contribution is 5.74. The highest BCUT2D eigenvalue weighted by atomic mass is 16.6. The normalized spacial score (nSPS) is 25.8. The molecule has 4 unspecified atom stereocenters. The van der Waals surface area contributed by atoms with E-state index >= 15 is 0 Å². The number of likely N-dealkylation sites (tertiary alicyclic amines) is 1. The largest absolute Gasteiger partial charge is 0.486 e. The summed E-state index contributed by atoms with van der Waals surface area (Å²) in [5, 5.41) is 32.9. The molecule has 0 aromatic heterocycles. The standard InChI is InChI=1S/C22H25NO4.C22H23NO3/c24-20-16-5-2-1-4-15(16)14-18(20)23-10-8-22(25,9-11-23)17-6-3-7-19-21(17)27-13-12-26-19;24-21-17-5-2-1-4-16(17)14-19(21)23-10-8-15(9-11-23)18-6-3-7-20-22(18)26-13-12-25-20/h1-7,18,20,24-25H,8-14H2;1-8,19,21,24H,9-14H2. The number of para-hydroxylation sites is 2. The molecule has 276 valence electrons. The van der Waals surface area contributed by atoms with Gasteiger partial charge in [0.25, 0.3) is 0 Å². The van der Waals surface area contributed by atoms with Crippen LogP contribution < -0.4 is 18.9 Å². The molecule has 0 amide bonds. The number of fused-ring (bicyclic) bond motifs is 4. The van der Waals surface area contributed by atoms with Gasteiger partial charge in [-0.1, -0.05) is 78.9 Å². The Morgan fingerprint density at radius 3 is 1.77 bits per heavy atom. The summed E-state index contributed by atoms with van der Waals surface area (Å²) in [6.45, 7) is 5.58. The average molecular weight is 717 g/mol. The van der Waals surface area contributed by atoms with Gasteiger partial charge in [0.15, 0.2) is 23.0 Å². The zero-order chi connectivity index (χ0) is 35.9. The minimum absolute atomic E-state index is 0.0937. The number of aliphatic hydroxyl groups is 3. The SMILES string of the molecule is OC1c2ccccc2CC1N1CC=C(c2cccc3c2OCCO3)CC1.OC1c2ccccc2CC1N1CCC(O)(c2cccc3c2OCCO3)CC1. The number of hydrogen-bond donors (Lipinski definition) is 3. The molecule has 4 aliphatic heterocycles. The minimum Gasteiger partial charge on any atom is -0.486 e. The van der Waals surface area contributed by atoms with Crippen molar-refractivity contribution in [3.05, 3.63) is 124 Å². The van der Waals surface area contributed by atoms with E-state index in [1.54, 1.807) is 0 Å². The van der Waals surface area contributed by atoms with Crippen molar-refractivity contribution in [1.29, 1.82) is 0 Å². The van der Waals surface area contributed by atoms with Crippen molar-refractivity contribution >= 4 is 5.57 Å². The highest BCUT2D eigenvalue weighted by Gasteiger charge is 2.42. The van der Waals surface area contributed by atoms with Crippen molar-refractivity contribution in [2.45, 2.75) is 62.0 Å². The second-order valence-corrected chi connectivity index (χ2v) is 15.0. The lowest BCUT2D eigenvalue weighted by atomic mass is 9.83. The molecule has 1 fully saturated rings. The van der Waals surface area contributed by atoms with E-state index in [1.165, 1.54) is 16.7 Å². The topological polar surface area (TPSA) is 104 Å². The Morgan fingerprint density at radius 1 is 0.585 bits per heavy atom. The molecular formula is C44H48N2O7. The van der Waals surface area contributed by atoms with Crippen LogP contribution in [0.5, 0.6) is 23.0 Å². The van der Waals surface area contributed by atoms with E-state index in [0.29, 0.717) is 45.0 Å². The summed E-state index contributed by atoms with van der Waals surface area (Å²) < 4.78 is 23.1. The summed E-state index contributed by atoms with van der Waals surface area (Å²) in [6, 6.07) is 28.6. The Morgan fingerprint density at radius 2 is 1.15 bits per heavy atom. The molecule has 3 N–H and O–H groups in total. The Bertz CT molecular complexity index is 1990. The van der Waals surface area contributed by atoms with Gasteiger partial charge in [-0.3, -0.25) is 9.80 Å².